The Bertz CT molecular complexity index is 1620. The molecule has 0 aromatic carbocycles. The minimum absolute atomic E-state index is 0.239. The number of hydrogen-bond acceptors (Lipinski definition) is 18. The van der Waals surface area contributed by atoms with Gasteiger partial charge in [0.2, 0.25) is 5.91 Å². The van der Waals surface area contributed by atoms with Gasteiger partial charge >= 0.3 is 0 Å². The zero-order chi connectivity index (χ0) is 56.9. The second kappa shape index (κ2) is 42.6. The first-order valence-corrected chi connectivity index (χ1v) is 29.9. The Kier molecular flexibility index (Phi) is 38.2. The van der Waals surface area contributed by atoms with Crippen molar-refractivity contribution < 1.29 is 89.4 Å². The summed E-state index contributed by atoms with van der Waals surface area (Å²) >= 11 is 0. The van der Waals surface area contributed by atoms with E-state index in [-0.39, 0.29) is 18.9 Å². The van der Waals surface area contributed by atoms with Crippen molar-refractivity contribution in [2.75, 3.05) is 26.4 Å². The monoisotopic (exact) mass is 1120 g/mol. The fraction of sp³-hybridized carbons (Fsp3) is 0.847. The molecule has 0 bridgehead atoms. The van der Waals surface area contributed by atoms with E-state index in [4.69, 9.17) is 28.4 Å². The summed E-state index contributed by atoms with van der Waals surface area (Å²) in [6.07, 6.45) is 20.2. The molecule has 19 heteroatoms. The molecule has 17 atom stereocenters. The third-order valence-electron chi connectivity index (χ3n) is 14.9. The number of carbonyl (C=O) groups excluding carboxylic acids is 1. The molecule has 3 saturated heterocycles. The van der Waals surface area contributed by atoms with Crippen LogP contribution >= 0.6 is 0 Å². The molecule has 17 unspecified atom stereocenters. The summed E-state index contributed by atoms with van der Waals surface area (Å²) in [6.45, 7) is 1.60. The molecule has 78 heavy (non-hydrogen) atoms. The SMILES string of the molecule is CCCCCC/C=C/C(O)C(COC1OC(CO)C(OC2OC(CO)C(OC3OC(CO)C(O)C(O)C3O)C(O)C2O)C(O)C1O)NC(=O)CCCCCCCCCCCCCC/C=C\C/C=C\C/C=C\CCCCCCC. The summed E-state index contributed by atoms with van der Waals surface area (Å²) in [6, 6.07) is -0.971. The van der Waals surface area contributed by atoms with Crippen molar-refractivity contribution in [1.82, 2.24) is 5.32 Å². The van der Waals surface area contributed by atoms with Crippen molar-refractivity contribution in [3.63, 3.8) is 0 Å². The normalized spacial score (nSPS) is 30.8. The Labute approximate surface area is 465 Å². The van der Waals surface area contributed by atoms with Gasteiger partial charge in [-0.3, -0.25) is 4.79 Å². The quantitative estimate of drug-likeness (QED) is 0.0279. The molecule has 3 fully saturated rings. The highest BCUT2D eigenvalue weighted by Crippen LogP contribution is 2.33. The van der Waals surface area contributed by atoms with E-state index in [0.717, 1.165) is 70.6 Å². The van der Waals surface area contributed by atoms with Crippen LogP contribution in [0.5, 0.6) is 0 Å². The van der Waals surface area contributed by atoms with Crippen LogP contribution in [0.15, 0.2) is 48.6 Å². The van der Waals surface area contributed by atoms with Gasteiger partial charge in [0, 0.05) is 6.42 Å². The molecule has 454 valence electrons. The minimum Gasteiger partial charge on any atom is -0.394 e. The maximum Gasteiger partial charge on any atom is 0.220 e. The number of nitrogens with one attached hydrogen (secondary N) is 1. The Morgan fingerprint density at radius 2 is 0.846 bits per heavy atom. The van der Waals surface area contributed by atoms with Gasteiger partial charge in [0.1, 0.15) is 73.2 Å². The number of amides is 1. The molecule has 19 nitrogen and oxygen atoms in total. The Balaban J connectivity index is 1.37. The molecular formula is C59H105NO18. The van der Waals surface area contributed by atoms with Crippen LogP contribution in [0.25, 0.3) is 0 Å². The largest absolute Gasteiger partial charge is 0.394 e. The Morgan fingerprint density at radius 1 is 0.462 bits per heavy atom. The summed E-state index contributed by atoms with van der Waals surface area (Å²) < 4.78 is 34.1. The van der Waals surface area contributed by atoms with Crippen LogP contribution in [0, 0.1) is 0 Å². The maximum absolute atomic E-state index is 13.2. The van der Waals surface area contributed by atoms with Crippen molar-refractivity contribution in [2.24, 2.45) is 0 Å². The highest BCUT2D eigenvalue weighted by Gasteiger charge is 2.53. The van der Waals surface area contributed by atoms with Gasteiger partial charge in [0.15, 0.2) is 18.9 Å². The molecule has 12 N–H and O–H groups in total. The molecule has 0 aromatic rings. The first-order valence-electron chi connectivity index (χ1n) is 29.9. The first-order chi connectivity index (χ1) is 37.8. The number of aliphatic hydroxyl groups is 11. The van der Waals surface area contributed by atoms with E-state index in [9.17, 15) is 61.0 Å². The van der Waals surface area contributed by atoms with Crippen molar-refractivity contribution in [1.29, 1.82) is 0 Å². The van der Waals surface area contributed by atoms with E-state index in [1.54, 1.807) is 6.08 Å². The lowest BCUT2D eigenvalue weighted by atomic mass is 9.96. The second-order valence-corrected chi connectivity index (χ2v) is 21.5. The van der Waals surface area contributed by atoms with Crippen LogP contribution in [0.2, 0.25) is 0 Å². The number of hydrogen-bond donors (Lipinski definition) is 12. The molecule has 3 aliphatic rings. The maximum atomic E-state index is 13.2. The van der Waals surface area contributed by atoms with Crippen LogP contribution in [0.4, 0.5) is 0 Å². The lowest BCUT2D eigenvalue weighted by Crippen LogP contribution is -2.66. The van der Waals surface area contributed by atoms with Crippen molar-refractivity contribution in [2.45, 2.75) is 291 Å². The topological polar surface area (TPSA) is 307 Å². The Morgan fingerprint density at radius 3 is 1.33 bits per heavy atom. The van der Waals surface area contributed by atoms with Crippen LogP contribution in [-0.4, -0.2) is 193 Å². The molecule has 3 aliphatic heterocycles. The molecular weight excluding hydrogens is 1010 g/mol. The van der Waals surface area contributed by atoms with Gasteiger partial charge in [-0.2, -0.15) is 0 Å². The van der Waals surface area contributed by atoms with E-state index in [1.165, 1.54) is 89.9 Å². The minimum atomic E-state index is -1.98. The highest BCUT2D eigenvalue weighted by atomic mass is 16.8. The van der Waals surface area contributed by atoms with Crippen LogP contribution in [0.1, 0.15) is 187 Å². The fourth-order valence-corrected chi connectivity index (χ4v) is 9.90. The average Bonchev–Trinajstić information content (AvgIpc) is 3.47. The van der Waals surface area contributed by atoms with Gasteiger partial charge in [0.25, 0.3) is 0 Å². The number of ether oxygens (including phenoxy) is 6. The predicted octanol–water partition coefficient (Wildman–Crippen LogP) is 5.09. The average molecular weight is 1120 g/mol. The summed E-state index contributed by atoms with van der Waals surface area (Å²) in [7, 11) is 0. The summed E-state index contributed by atoms with van der Waals surface area (Å²) in [5.41, 5.74) is 0. The fourth-order valence-electron chi connectivity index (χ4n) is 9.90. The van der Waals surface area contributed by atoms with Crippen LogP contribution in [0.3, 0.4) is 0 Å². The van der Waals surface area contributed by atoms with Gasteiger partial charge in [-0.05, 0) is 57.8 Å². The lowest BCUT2D eigenvalue weighted by molar-refractivity contribution is -0.379. The van der Waals surface area contributed by atoms with Gasteiger partial charge in [-0.15, -0.1) is 0 Å². The number of aliphatic hydroxyl groups excluding tert-OH is 11. The molecule has 3 rings (SSSR count). The van der Waals surface area contributed by atoms with Gasteiger partial charge in [-0.1, -0.05) is 172 Å². The molecule has 0 spiro atoms. The van der Waals surface area contributed by atoms with E-state index in [0.29, 0.717) is 6.42 Å². The van der Waals surface area contributed by atoms with Gasteiger partial charge in [-0.25, -0.2) is 0 Å². The first kappa shape index (κ1) is 70.0. The standard InChI is InChI=1S/C59H105NO18/c1-3-5-7-9-11-12-13-14-15-16-17-18-19-20-21-22-23-24-25-26-27-28-29-30-31-33-35-37-47(65)60-42(43(64)36-34-32-10-8-6-4-2)41-73-57-53(71)50(68)55(45(39-62)75-57)78-59-54(72)51(69)56(46(40-63)76-59)77-58-52(70)49(67)48(66)44(38-61)74-58/h13-14,16-17,19-20,34,36,42-46,48-59,61-64,66-72H,3-12,15,18,21-33,35,37-41H2,1-2H3,(H,60,65)/b14-13-,17-16-,20-19-,36-34+. The number of rotatable bonds is 43. The summed E-state index contributed by atoms with van der Waals surface area (Å²) in [5, 5.41) is 120. The molecule has 0 aliphatic carbocycles. The smallest absolute Gasteiger partial charge is 0.220 e. The molecule has 0 radical (unpaired) electrons. The van der Waals surface area contributed by atoms with E-state index in [1.807, 2.05) is 6.08 Å². The van der Waals surface area contributed by atoms with E-state index in [2.05, 4.69) is 55.6 Å². The zero-order valence-corrected chi connectivity index (χ0v) is 47.1. The molecule has 0 saturated carbocycles. The molecule has 0 aromatic heterocycles. The summed E-state index contributed by atoms with van der Waals surface area (Å²) in [4.78, 5) is 13.2. The van der Waals surface area contributed by atoms with Gasteiger partial charge < -0.3 is 89.9 Å². The number of unbranched alkanes of at least 4 members (excludes halogenated alkanes) is 21. The van der Waals surface area contributed by atoms with E-state index < -0.39 is 124 Å². The van der Waals surface area contributed by atoms with Crippen molar-refractivity contribution in [3.8, 4) is 0 Å². The summed E-state index contributed by atoms with van der Waals surface area (Å²) in [5.74, 6) is -0.285. The van der Waals surface area contributed by atoms with Crippen LogP contribution < -0.4 is 5.32 Å². The van der Waals surface area contributed by atoms with Gasteiger partial charge in [0.05, 0.1) is 38.6 Å². The van der Waals surface area contributed by atoms with Crippen molar-refractivity contribution >= 4 is 5.91 Å². The predicted molar refractivity (Wildman–Crippen MR) is 295 cm³/mol. The number of allylic oxidation sites excluding steroid dienone is 7. The highest BCUT2D eigenvalue weighted by molar-refractivity contribution is 5.76. The lowest BCUT2D eigenvalue weighted by Gasteiger charge is -2.48. The molecule has 1 amide bonds. The third kappa shape index (κ3) is 26.3. The zero-order valence-electron chi connectivity index (χ0n) is 47.1. The van der Waals surface area contributed by atoms with Crippen LogP contribution in [-0.2, 0) is 33.2 Å². The third-order valence-corrected chi connectivity index (χ3v) is 14.9. The second-order valence-electron chi connectivity index (χ2n) is 21.5. The van der Waals surface area contributed by atoms with Crippen molar-refractivity contribution in [3.05, 3.63) is 48.6 Å². The van der Waals surface area contributed by atoms with E-state index >= 15 is 0 Å². The number of carbonyl (C=O) groups is 1. The molecule has 3 heterocycles. The Hall–Kier alpha value is -2.25.